The lowest BCUT2D eigenvalue weighted by molar-refractivity contribution is -0.138. The number of hydrogen-bond acceptors (Lipinski definition) is 8. The maximum Gasteiger partial charge on any atom is 0.317 e. The molecule has 0 radical (unpaired) electrons. The van der Waals surface area contributed by atoms with Crippen LogP contribution in [0.5, 0.6) is 11.5 Å². The van der Waals surface area contributed by atoms with Gasteiger partial charge < -0.3 is 29.2 Å². The van der Waals surface area contributed by atoms with Crippen LogP contribution in [0.4, 0.5) is 0 Å². The van der Waals surface area contributed by atoms with Crippen LogP contribution in [0.25, 0.3) is 33.7 Å². The number of carbonyl (C=O) groups is 1. The van der Waals surface area contributed by atoms with Crippen LogP contribution in [0.3, 0.4) is 0 Å². The van der Waals surface area contributed by atoms with E-state index in [0.29, 0.717) is 42.0 Å². The van der Waals surface area contributed by atoms with Gasteiger partial charge in [-0.15, -0.1) is 0 Å². The summed E-state index contributed by atoms with van der Waals surface area (Å²) in [6.07, 6.45) is 1.81. The average molecular weight is 697 g/mol. The van der Waals surface area contributed by atoms with Crippen LogP contribution in [0.2, 0.25) is 5.02 Å². The van der Waals surface area contributed by atoms with Gasteiger partial charge in [0, 0.05) is 36.2 Å². The van der Waals surface area contributed by atoms with E-state index in [-0.39, 0.29) is 12.6 Å². The van der Waals surface area contributed by atoms with Gasteiger partial charge in [0.2, 0.25) is 5.89 Å². The monoisotopic (exact) mass is 696 g/mol. The van der Waals surface area contributed by atoms with Crippen molar-refractivity contribution in [1.82, 2.24) is 20.1 Å². The fourth-order valence-electron chi connectivity index (χ4n) is 6.69. The molecule has 1 aromatic heterocycles. The zero-order valence-corrected chi connectivity index (χ0v) is 30.1. The van der Waals surface area contributed by atoms with Crippen molar-refractivity contribution in [3.05, 3.63) is 99.6 Å². The van der Waals surface area contributed by atoms with E-state index in [1.807, 2.05) is 54.4 Å². The lowest BCUT2D eigenvalue weighted by Crippen LogP contribution is -2.33. The summed E-state index contributed by atoms with van der Waals surface area (Å²) >= 11 is 6.69. The Morgan fingerprint density at radius 2 is 1.78 bits per heavy atom. The van der Waals surface area contributed by atoms with E-state index < -0.39 is 5.97 Å². The molecule has 2 N–H and O–H groups in total. The Labute approximate surface area is 298 Å². The summed E-state index contributed by atoms with van der Waals surface area (Å²) in [6.45, 7) is 7.78. The summed E-state index contributed by atoms with van der Waals surface area (Å²) in [5, 5.41) is 13.3. The molecular weight excluding hydrogens is 652 g/mol. The normalized spacial score (nSPS) is 14.3. The predicted octanol–water partition coefficient (Wildman–Crippen LogP) is 7.89. The van der Waals surface area contributed by atoms with Crippen LogP contribution >= 0.6 is 11.6 Å². The fourth-order valence-corrected chi connectivity index (χ4v) is 6.97. The zero-order chi connectivity index (χ0) is 35.4. The summed E-state index contributed by atoms with van der Waals surface area (Å²) in [5.41, 5.74) is 9.77. The molecule has 0 fully saturated rings. The first-order valence-electron chi connectivity index (χ1n) is 17.0. The molecule has 0 spiro atoms. The number of nitrogens with one attached hydrogen (secondary N) is 1. The first-order valence-corrected chi connectivity index (χ1v) is 17.4. The second-order valence-corrected chi connectivity index (χ2v) is 13.7. The highest BCUT2D eigenvalue weighted by Gasteiger charge is 2.26. The summed E-state index contributed by atoms with van der Waals surface area (Å²) < 4.78 is 18.5. The average Bonchev–Trinajstić information content (AvgIpc) is 3.52. The van der Waals surface area contributed by atoms with Crippen LogP contribution in [0.1, 0.15) is 46.7 Å². The zero-order valence-electron chi connectivity index (χ0n) is 29.4. The molecule has 1 aliphatic heterocycles. The molecular formula is C40H45ClN4O5. The van der Waals surface area contributed by atoms with Crippen molar-refractivity contribution in [2.45, 2.75) is 45.9 Å². The van der Waals surface area contributed by atoms with Crippen molar-refractivity contribution in [2.75, 3.05) is 47.4 Å². The third-order valence-corrected chi connectivity index (χ3v) is 9.68. The number of fused-ring (bicyclic) bond motifs is 2. The Kier molecular flexibility index (Phi) is 11.1. The molecule has 50 heavy (non-hydrogen) atoms. The first-order chi connectivity index (χ1) is 24.1. The Hall–Kier alpha value is -4.41. The van der Waals surface area contributed by atoms with Crippen molar-refractivity contribution >= 4 is 28.7 Å². The number of halogens is 1. The lowest BCUT2D eigenvalue weighted by Gasteiger charge is -2.32. The van der Waals surface area contributed by atoms with E-state index in [1.54, 1.807) is 0 Å². The molecule has 0 amide bonds. The minimum atomic E-state index is -0.847. The molecule has 10 heteroatoms. The molecule has 2 heterocycles. The first kappa shape index (κ1) is 35.4. The quantitative estimate of drug-likeness (QED) is 0.112. The van der Waals surface area contributed by atoms with Gasteiger partial charge in [-0.2, -0.15) is 0 Å². The molecule has 4 aromatic carbocycles. The van der Waals surface area contributed by atoms with Crippen molar-refractivity contribution in [3.8, 4) is 34.1 Å². The van der Waals surface area contributed by atoms with E-state index in [9.17, 15) is 9.90 Å². The summed E-state index contributed by atoms with van der Waals surface area (Å²) in [6, 6.07) is 22.3. The molecule has 262 valence electrons. The van der Waals surface area contributed by atoms with Gasteiger partial charge in [-0.3, -0.25) is 9.69 Å². The van der Waals surface area contributed by atoms with E-state index in [2.05, 4.69) is 62.4 Å². The molecule has 9 nitrogen and oxygen atoms in total. The largest absolute Gasteiger partial charge is 0.493 e. The standard InChI is InChI=1S/C40H45ClN4O5/c1-25-28(24-49-29-13-14-33-36(45(5)23-38(46)47)15-18-48-37(33)21-29)9-6-10-30(25)31-11-7-12-32(26(31)2)40-43-35-20-27(19-34(41)39(35)50-40)22-42-16-8-17-44(3)4/h6-7,9-14,19-21,36,42H,8,15-18,22-24H2,1-5H3,(H,46,47). The molecule has 5 aromatic rings. The summed E-state index contributed by atoms with van der Waals surface area (Å²) in [7, 11) is 6.00. The molecule has 6 rings (SSSR count). The number of carboxylic acids is 1. The summed E-state index contributed by atoms with van der Waals surface area (Å²) in [4.78, 5) is 20.2. The molecule has 0 saturated heterocycles. The second kappa shape index (κ2) is 15.6. The highest BCUT2D eigenvalue weighted by molar-refractivity contribution is 6.34. The topological polar surface area (TPSA) is 100 Å². The Bertz CT molecular complexity index is 1990. The number of nitrogens with zero attached hydrogens (tertiary/aromatic N) is 3. The number of rotatable bonds is 14. The van der Waals surface area contributed by atoms with Gasteiger partial charge in [-0.25, -0.2) is 4.98 Å². The highest BCUT2D eigenvalue weighted by Crippen LogP contribution is 2.39. The number of oxazole rings is 1. The third kappa shape index (κ3) is 7.97. The number of aliphatic carboxylic acids is 1. The van der Waals surface area contributed by atoms with E-state index in [4.69, 9.17) is 30.5 Å². The van der Waals surface area contributed by atoms with Gasteiger partial charge >= 0.3 is 5.97 Å². The summed E-state index contributed by atoms with van der Waals surface area (Å²) in [5.74, 6) is 1.13. The number of ether oxygens (including phenoxy) is 2. The smallest absolute Gasteiger partial charge is 0.317 e. The third-order valence-electron chi connectivity index (χ3n) is 9.40. The Morgan fingerprint density at radius 3 is 2.56 bits per heavy atom. The number of benzene rings is 4. The second-order valence-electron chi connectivity index (χ2n) is 13.3. The molecule has 0 aliphatic carbocycles. The van der Waals surface area contributed by atoms with Gasteiger partial charge in [0.1, 0.15) is 23.6 Å². The maximum absolute atomic E-state index is 11.3. The minimum Gasteiger partial charge on any atom is -0.493 e. The van der Waals surface area contributed by atoms with Gasteiger partial charge in [-0.1, -0.05) is 48.0 Å². The Morgan fingerprint density at radius 1 is 1.02 bits per heavy atom. The molecule has 0 bridgehead atoms. The van der Waals surface area contributed by atoms with Gasteiger partial charge in [0.15, 0.2) is 5.58 Å². The molecule has 1 unspecified atom stereocenters. The SMILES string of the molecule is Cc1c(COc2ccc3c(c2)OCCC3N(C)CC(=O)O)cccc1-c1cccc(-c2nc3cc(CNCCCN(C)C)cc(Cl)c3o2)c1C. The van der Waals surface area contributed by atoms with Crippen LogP contribution in [-0.2, 0) is 17.9 Å². The van der Waals surface area contributed by atoms with Crippen LogP contribution in [-0.4, -0.2) is 73.2 Å². The molecule has 0 saturated carbocycles. The predicted molar refractivity (Wildman–Crippen MR) is 198 cm³/mol. The van der Waals surface area contributed by atoms with E-state index in [0.717, 1.165) is 81.7 Å². The van der Waals surface area contributed by atoms with Gasteiger partial charge in [0.05, 0.1) is 18.2 Å². The number of carboxylic acid groups (broad SMARTS) is 1. The van der Waals surface area contributed by atoms with Crippen molar-refractivity contribution in [1.29, 1.82) is 0 Å². The van der Waals surface area contributed by atoms with Crippen molar-refractivity contribution in [3.63, 3.8) is 0 Å². The van der Waals surface area contributed by atoms with Gasteiger partial charge in [-0.05, 0) is 112 Å². The Balaban J connectivity index is 1.19. The van der Waals surface area contributed by atoms with Crippen molar-refractivity contribution < 1.29 is 23.8 Å². The van der Waals surface area contributed by atoms with Crippen LogP contribution < -0.4 is 14.8 Å². The van der Waals surface area contributed by atoms with Crippen LogP contribution in [0, 0.1) is 13.8 Å². The molecule has 1 atom stereocenters. The van der Waals surface area contributed by atoms with E-state index in [1.165, 1.54) is 0 Å². The lowest BCUT2D eigenvalue weighted by atomic mass is 9.91. The van der Waals surface area contributed by atoms with Gasteiger partial charge in [0.25, 0.3) is 0 Å². The number of aromatic nitrogens is 1. The number of likely N-dealkylation sites (N-methyl/N-ethyl adjacent to an activating group) is 1. The fraction of sp³-hybridized carbons (Fsp3) is 0.350. The van der Waals surface area contributed by atoms with E-state index >= 15 is 0 Å². The van der Waals surface area contributed by atoms with Crippen LogP contribution in [0.15, 0.2) is 71.1 Å². The number of hydrogen-bond donors (Lipinski definition) is 2. The van der Waals surface area contributed by atoms with Crippen molar-refractivity contribution in [2.24, 2.45) is 0 Å². The minimum absolute atomic E-state index is 0.0173. The molecule has 1 aliphatic rings. The maximum atomic E-state index is 11.3. The highest BCUT2D eigenvalue weighted by atomic mass is 35.5.